The fourth-order valence-electron chi connectivity index (χ4n) is 10.8. The van der Waals surface area contributed by atoms with Crippen LogP contribution in [0, 0.1) is 29.1 Å². The van der Waals surface area contributed by atoms with Gasteiger partial charge < -0.3 is 70.9 Å². The molecular formula is C63H86N8O14. The van der Waals surface area contributed by atoms with Crippen molar-refractivity contribution < 1.29 is 67.5 Å². The van der Waals surface area contributed by atoms with Crippen LogP contribution in [0.2, 0.25) is 0 Å². The Labute approximate surface area is 499 Å². The Hall–Kier alpha value is -7.50. The molecule has 10 atom stereocenters. The highest BCUT2D eigenvalue weighted by atomic mass is 16.6. The predicted octanol–water partition coefficient (Wildman–Crippen LogP) is 3.72. The number of ether oxygens (including phenoxy) is 4. The third kappa shape index (κ3) is 19.0. The highest BCUT2D eigenvalue weighted by Crippen LogP contribution is 2.34. The lowest BCUT2D eigenvalue weighted by atomic mass is 9.85. The van der Waals surface area contributed by atoms with Crippen molar-refractivity contribution in [2.75, 3.05) is 39.5 Å². The van der Waals surface area contributed by atoms with Crippen LogP contribution in [0.5, 0.6) is 0 Å². The van der Waals surface area contributed by atoms with Crippen molar-refractivity contribution in [2.24, 2.45) is 5.41 Å². The summed E-state index contributed by atoms with van der Waals surface area (Å²) in [5.41, 5.74) is 1.82. The molecule has 85 heavy (non-hydrogen) atoms. The van der Waals surface area contributed by atoms with Crippen molar-refractivity contribution >= 4 is 47.6 Å². The van der Waals surface area contributed by atoms with E-state index in [2.05, 4.69) is 62.2 Å². The van der Waals surface area contributed by atoms with Crippen molar-refractivity contribution in [2.45, 2.75) is 192 Å². The molecule has 22 nitrogen and oxygen atoms in total. The molecular weight excluding hydrogens is 1090 g/mol. The predicted molar refractivity (Wildman–Crippen MR) is 314 cm³/mol. The van der Waals surface area contributed by atoms with Crippen molar-refractivity contribution in [3.05, 3.63) is 82.9 Å². The number of aliphatic hydroxyl groups excluding tert-OH is 2. The largest absolute Gasteiger partial charge is 0.444 e. The number of rotatable bonds is 19. The Morgan fingerprint density at radius 2 is 1.02 bits per heavy atom. The molecule has 2 aromatic carbocycles. The van der Waals surface area contributed by atoms with Crippen LogP contribution in [0.15, 0.2) is 60.7 Å². The second-order valence-corrected chi connectivity index (χ2v) is 25.1. The Morgan fingerprint density at radius 1 is 0.612 bits per heavy atom. The number of aliphatic hydroxyl groups is 2. The highest BCUT2D eigenvalue weighted by molar-refractivity contribution is 5.97. The molecule has 0 aromatic heterocycles. The van der Waals surface area contributed by atoms with Gasteiger partial charge >= 0.3 is 12.2 Å². The lowest BCUT2D eigenvalue weighted by molar-refractivity contribution is -0.144. The average molecular weight is 1180 g/mol. The van der Waals surface area contributed by atoms with Crippen molar-refractivity contribution in [1.29, 1.82) is 0 Å². The fourth-order valence-corrected chi connectivity index (χ4v) is 10.8. The lowest BCUT2D eigenvalue weighted by Crippen LogP contribution is -2.61. The first-order valence-electron chi connectivity index (χ1n) is 29.1. The van der Waals surface area contributed by atoms with Gasteiger partial charge in [-0.15, -0.1) is 0 Å². The average Bonchev–Trinajstić information content (AvgIpc) is 2.53. The molecule has 2 heterocycles. The number of fused-ring (bicyclic) bond motifs is 2. The number of hydrogen-bond donors (Lipinski definition) is 8. The minimum absolute atomic E-state index is 0.0245. The van der Waals surface area contributed by atoms with Gasteiger partial charge in [-0.1, -0.05) is 87.7 Å². The van der Waals surface area contributed by atoms with E-state index in [1.54, 1.807) is 62.3 Å². The molecule has 0 bridgehead atoms. The molecule has 8 amide bonds. The smallest absolute Gasteiger partial charge is 0.408 e. The molecule has 2 fully saturated rings. The third-order valence-electron chi connectivity index (χ3n) is 14.9. The zero-order valence-electron chi connectivity index (χ0n) is 50.7. The number of aryl methyl sites for hydroxylation is 2. The van der Waals surface area contributed by atoms with E-state index in [1.807, 2.05) is 48.5 Å². The van der Waals surface area contributed by atoms with Gasteiger partial charge in [-0.05, 0) is 132 Å². The second-order valence-electron chi connectivity index (χ2n) is 25.1. The van der Waals surface area contributed by atoms with Crippen LogP contribution in [0.1, 0.15) is 142 Å². The van der Waals surface area contributed by atoms with Crippen LogP contribution in [0.3, 0.4) is 0 Å². The summed E-state index contributed by atoms with van der Waals surface area (Å²) in [6, 6.07) is 7.69. The lowest BCUT2D eigenvalue weighted by Gasteiger charge is -2.36. The summed E-state index contributed by atoms with van der Waals surface area (Å²) in [4.78, 5) is 113. The molecule has 8 N–H and O–H groups in total. The molecule has 2 aliphatic heterocycles. The third-order valence-corrected chi connectivity index (χ3v) is 14.9. The van der Waals surface area contributed by atoms with E-state index in [-0.39, 0.29) is 56.8 Å². The van der Waals surface area contributed by atoms with Crippen molar-refractivity contribution in [3.8, 4) is 23.7 Å². The van der Waals surface area contributed by atoms with Crippen molar-refractivity contribution in [1.82, 2.24) is 41.7 Å². The van der Waals surface area contributed by atoms with Gasteiger partial charge in [0.1, 0.15) is 60.7 Å². The maximum absolute atomic E-state index is 14.7. The molecule has 462 valence electrons. The number of amides is 8. The normalized spacial score (nSPS) is 21.5. The van der Waals surface area contributed by atoms with E-state index in [9.17, 15) is 48.6 Å². The minimum Gasteiger partial charge on any atom is -0.444 e. The molecule has 22 heteroatoms. The summed E-state index contributed by atoms with van der Waals surface area (Å²) in [5.74, 6) is 7.47. The van der Waals surface area contributed by atoms with Gasteiger partial charge in [-0.25, -0.2) is 9.59 Å². The summed E-state index contributed by atoms with van der Waals surface area (Å²) < 4.78 is 22.8. The van der Waals surface area contributed by atoms with E-state index < -0.39 is 126 Å². The van der Waals surface area contributed by atoms with E-state index in [1.165, 1.54) is 16.7 Å². The number of likely N-dealkylation sites (tertiary alicyclic amines) is 2. The molecule has 0 spiro atoms. The fraction of sp³-hybridized carbons (Fsp3) is 0.587. The quantitative estimate of drug-likeness (QED) is 0.0736. The van der Waals surface area contributed by atoms with Gasteiger partial charge in [0.2, 0.25) is 35.4 Å². The first-order valence-corrected chi connectivity index (χ1v) is 29.1. The molecule has 1 unspecified atom stereocenters. The zero-order chi connectivity index (χ0) is 62.4. The van der Waals surface area contributed by atoms with Gasteiger partial charge in [0.15, 0.2) is 0 Å². The van der Waals surface area contributed by atoms with Crippen LogP contribution < -0.4 is 31.9 Å². The van der Waals surface area contributed by atoms with Gasteiger partial charge in [0, 0.05) is 25.9 Å². The van der Waals surface area contributed by atoms with Gasteiger partial charge in [-0.3, -0.25) is 28.8 Å². The summed E-state index contributed by atoms with van der Waals surface area (Å²) in [7, 11) is 0. The van der Waals surface area contributed by atoms with Gasteiger partial charge in [-0.2, -0.15) is 0 Å². The Bertz CT molecular complexity index is 2910. The monoisotopic (exact) mass is 1180 g/mol. The molecule has 0 radical (unpaired) electrons. The molecule has 2 saturated heterocycles. The van der Waals surface area contributed by atoms with Crippen LogP contribution in [0.25, 0.3) is 0 Å². The standard InChI is InChI=1S/C63H86N8O14/c1-38(2)51(68-53(74)47(36-72)66-59(80)84-62(6,7)8)57(78)70-34-41(32-49(70)55(76)64-45-28-20-24-39-22-14-16-26-43(39)45)82-30-18-12-13-19-31-83-42-33-50(56(77)65-46-29-21-25-40-23-15-17-27-44(40)46)71(35-42)58(79)52(61(3,4)5)69-54(75)48(37-73)67-60(81)85-63(9,10)11/h14-17,22-23,26-27,41-42,45-52,72-73H,1,20-21,24-25,28-37H2,2-11H3,(H,64,76)(H,65,77)(H,66,80)(H,67,81)(H,68,74)(H,69,75)/t41-,42-,45?,46+,47-,48-,49-,50-,51-,52+/m0/s1. The Balaban J connectivity index is 1.13. The zero-order valence-corrected chi connectivity index (χ0v) is 50.7. The first kappa shape index (κ1) is 66.6. The molecule has 0 saturated carbocycles. The summed E-state index contributed by atoms with van der Waals surface area (Å²) in [6.07, 6.45) is 1.85. The van der Waals surface area contributed by atoms with Gasteiger partial charge in [0.25, 0.3) is 0 Å². The number of nitrogens with zero attached hydrogens (tertiary/aromatic N) is 2. The number of carbonyl (C=O) groups excluding carboxylic acids is 8. The van der Waals surface area contributed by atoms with E-state index in [0.29, 0.717) is 12.8 Å². The van der Waals surface area contributed by atoms with Crippen LogP contribution in [0.4, 0.5) is 9.59 Å². The molecule has 4 aliphatic rings. The van der Waals surface area contributed by atoms with Gasteiger partial charge in [0.05, 0.1) is 37.5 Å². The van der Waals surface area contributed by atoms with E-state index in [4.69, 9.17) is 18.9 Å². The first-order chi connectivity index (χ1) is 40.1. The number of carbonyl (C=O) groups is 8. The van der Waals surface area contributed by atoms with Crippen molar-refractivity contribution in [3.63, 3.8) is 0 Å². The van der Waals surface area contributed by atoms with Crippen LogP contribution in [-0.2, 0) is 60.6 Å². The number of alkyl carbamates (subject to hydrolysis) is 2. The molecule has 2 aromatic rings. The minimum atomic E-state index is -1.47. The number of benzene rings is 2. The summed E-state index contributed by atoms with van der Waals surface area (Å²) >= 11 is 0. The summed E-state index contributed by atoms with van der Waals surface area (Å²) in [5, 5.41) is 36.5. The number of nitrogens with one attached hydrogen (secondary N) is 6. The Kier molecular flexibility index (Phi) is 23.2. The highest BCUT2D eigenvalue weighted by Gasteiger charge is 2.47. The topological polar surface area (TPSA) is 293 Å². The van der Waals surface area contributed by atoms with E-state index >= 15 is 0 Å². The summed E-state index contributed by atoms with van der Waals surface area (Å²) in [6.45, 7) is 18.7. The van der Waals surface area contributed by atoms with Crippen LogP contribution >= 0.6 is 0 Å². The second kappa shape index (κ2) is 29.5. The van der Waals surface area contributed by atoms with E-state index in [0.717, 1.165) is 47.9 Å². The van der Waals surface area contributed by atoms with Crippen LogP contribution in [-0.4, -0.2) is 167 Å². The number of hydrogen-bond acceptors (Lipinski definition) is 14. The maximum atomic E-state index is 14.7. The SMILES string of the molecule is C=C(C)[C@H](NC(=O)[C@H](CO)NC(=O)OC(C)(C)C)C(=O)N1C[C@@H](OCC#CC#CCO[C@H]2C[C@@H](C(=O)N[C@@H]3CCCc4ccccc43)N(C(=O)[C@@H](NC(=O)[C@H](CO)NC(=O)OC(C)(C)C)C(C)(C)C)C2)C[C@H]1C(=O)NC1CCCc2ccccc21. The maximum Gasteiger partial charge on any atom is 0.408 e. The molecule has 2 aliphatic carbocycles. The molecule has 6 rings (SSSR count). The Morgan fingerprint density at radius 3 is 1.42 bits per heavy atom.